The quantitative estimate of drug-likeness (QED) is 0.846. The summed E-state index contributed by atoms with van der Waals surface area (Å²) in [6.45, 7) is 3.20. The molecule has 3 rings (SSSR count). The Labute approximate surface area is 157 Å². The minimum absolute atomic E-state index is 0.0749. The van der Waals surface area contributed by atoms with Crippen molar-refractivity contribution in [2.45, 2.75) is 31.4 Å². The van der Waals surface area contributed by atoms with Crippen LogP contribution < -0.4 is 5.32 Å². The van der Waals surface area contributed by atoms with E-state index in [2.05, 4.69) is 10.2 Å². The number of aliphatic hydroxyl groups is 1. The van der Waals surface area contributed by atoms with Crippen LogP contribution in [0.1, 0.15) is 37.0 Å². The average Bonchev–Trinajstić information content (AvgIpc) is 2.66. The molecule has 2 aromatic rings. The Morgan fingerprint density at radius 2 is 1.81 bits per heavy atom. The van der Waals surface area contributed by atoms with E-state index in [1.165, 1.54) is 13.0 Å². The number of carbonyl (C=O) groups is 1. The predicted molar refractivity (Wildman–Crippen MR) is 98.9 cm³/mol. The number of nitrogens with one attached hydrogen (secondary N) is 1. The lowest BCUT2D eigenvalue weighted by atomic mass is 9.80. The molecule has 1 aliphatic rings. The molecule has 0 spiro atoms. The first-order valence-electron chi connectivity index (χ1n) is 9.09. The second-order valence-corrected chi connectivity index (χ2v) is 7.12. The largest absolute Gasteiger partial charge is 0.387 e. The zero-order chi connectivity index (χ0) is 19.4. The van der Waals surface area contributed by atoms with Crippen LogP contribution in [-0.4, -0.2) is 35.5 Å². The van der Waals surface area contributed by atoms with Crippen LogP contribution in [0.25, 0.3) is 0 Å². The van der Waals surface area contributed by atoms with E-state index < -0.39 is 23.3 Å². The molecule has 144 valence electrons. The number of nitrogens with zero attached hydrogens (tertiary/aromatic N) is 1. The van der Waals surface area contributed by atoms with Crippen molar-refractivity contribution in [1.82, 2.24) is 10.2 Å². The summed E-state index contributed by atoms with van der Waals surface area (Å²) in [7, 11) is 0. The SMILES string of the molecule is CC(=O)NC1(c2ccccc2)CCN(C[C@@H](O)c2ccc(F)c(F)c2)CC1. The van der Waals surface area contributed by atoms with Gasteiger partial charge in [0, 0.05) is 26.6 Å². The van der Waals surface area contributed by atoms with Gasteiger partial charge in [0.05, 0.1) is 11.6 Å². The van der Waals surface area contributed by atoms with Gasteiger partial charge in [-0.1, -0.05) is 36.4 Å². The van der Waals surface area contributed by atoms with Crippen LogP contribution in [0.5, 0.6) is 0 Å². The third-order valence-electron chi connectivity index (χ3n) is 5.21. The number of likely N-dealkylation sites (tertiary alicyclic amines) is 1. The van der Waals surface area contributed by atoms with Crippen molar-refractivity contribution in [3.63, 3.8) is 0 Å². The van der Waals surface area contributed by atoms with E-state index in [9.17, 15) is 18.7 Å². The smallest absolute Gasteiger partial charge is 0.217 e. The Bertz CT molecular complexity index is 790. The molecule has 0 bridgehead atoms. The zero-order valence-electron chi connectivity index (χ0n) is 15.3. The lowest BCUT2D eigenvalue weighted by Crippen LogP contribution is -2.53. The van der Waals surface area contributed by atoms with Crippen molar-refractivity contribution >= 4 is 5.91 Å². The molecular weight excluding hydrogens is 350 g/mol. The zero-order valence-corrected chi connectivity index (χ0v) is 15.3. The number of rotatable bonds is 5. The third-order valence-corrected chi connectivity index (χ3v) is 5.21. The van der Waals surface area contributed by atoms with Gasteiger partial charge in [0.25, 0.3) is 0 Å². The molecule has 2 N–H and O–H groups in total. The van der Waals surface area contributed by atoms with Crippen LogP contribution in [0.15, 0.2) is 48.5 Å². The van der Waals surface area contributed by atoms with Gasteiger partial charge in [0.2, 0.25) is 5.91 Å². The van der Waals surface area contributed by atoms with Crippen molar-refractivity contribution in [3.05, 3.63) is 71.3 Å². The van der Waals surface area contributed by atoms with E-state index in [1.807, 2.05) is 30.3 Å². The Morgan fingerprint density at radius 1 is 1.15 bits per heavy atom. The van der Waals surface area contributed by atoms with Gasteiger partial charge in [-0.3, -0.25) is 4.79 Å². The summed E-state index contributed by atoms with van der Waals surface area (Å²) in [5.74, 6) is -1.96. The van der Waals surface area contributed by atoms with Crippen molar-refractivity contribution in [3.8, 4) is 0 Å². The second kappa shape index (κ2) is 8.15. The van der Waals surface area contributed by atoms with Crippen molar-refractivity contribution in [2.24, 2.45) is 0 Å². The van der Waals surface area contributed by atoms with Crippen LogP contribution in [0.4, 0.5) is 8.78 Å². The molecule has 27 heavy (non-hydrogen) atoms. The minimum Gasteiger partial charge on any atom is -0.387 e. The second-order valence-electron chi connectivity index (χ2n) is 7.12. The molecule has 0 unspecified atom stereocenters. The summed E-state index contributed by atoms with van der Waals surface area (Å²) in [6, 6.07) is 13.4. The number of piperidine rings is 1. The molecule has 0 radical (unpaired) electrons. The molecule has 6 heteroatoms. The maximum atomic E-state index is 13.4. The third kappa shape index (κ3) is 4.51. The Hall–Kier alpha value is -2.31. The van der Waals surface area contributed by atoms with Crippen molar-refractivity contribution in [2.75, 3.05) is 19.6 Å². The molecule has 1 saturated heterocycles. The van der Waals surface area contributed by atoms with Gasteiger partial charge in [-0.25, -0.2) is 8.78 Å². The van der Waals surface area contributed by atoms with Gasteiger partial charge in [-0.15, -0.1) is 0 Å². The van der Waals surface area contributed by atoms with Gasteiger partial charge >= 0.3 is 0 Å². The molecule has 0 saturated carbocycles. The van der Waals surface area contributed by atoms with E-state index >= 15 is 0 Å². The highest BCUT2D eigenvalue weighted by molar-refractivity contribution is 5.74. The number of amides is 1. The maximum Gasteiger partial charge on any atom is 0.217 e. The van der Waals surface area contributed by atoms with E-state index in [4.69, 9.17) is 0 Å². The average molecular weight is 374 g/mol. The number of halogens is 2. The molecule has 0 aliphatic carbocycles. The fraction of sp³-hybridized carbons (Fsp3) is 0.381. The van der Waals surface area contributed by atoms with Gasteiger partial charge in [0.1, 0.15) is 0 Å². The molecule has 4 nitrogen and oxygen atoms in total. The topological polar surface area (TPSA) is 52.6 Å². The van der Waals surface area contributed by atoms with Crippen LogP contribution >= 0.6 is 0 Å². The summed E-state index contributed by atoms with van der Waals surface area (Å²) in [5, 5.41) is 13.5. The summed E-state index contributed by atoms with van der Waals surface area (Å²) in [4.78, 5) is 13.8. The maximum absolute atomic E-state index is 13.4. The highest BCUT2D eigenvalue weighted by atomic mass is 19.2. The summed E-state index contributed by atoms with van der Waals surface area (Å²) < 4.78 is 26.5. The fourth-order valence-corrected chi connectivity index (χ4v) is 3.77. The van der Waals surface area contributed by atoms with E-state index in [0.717, 1.165) is 17.7 Å². The molecule has 0 aromatic heterocycles. The standard InChI is InChI=1S/C21H24F2N2O2/c1-15(26)24-21(17-5-3-2-4-6-17)9-11-25(12-10-21)14-20(27)16-7-8-18(22)19(23)13-16/h2-8,13,20,27H,9-12,14H2,1H3,(H,24,26)/t20-/m1/s1. The lowest BCUT2D eigenvalue weighted by Gasteiger charge is -2.43. The molecule has 1 atom stereocenters. The number of hydrogen-bond acceptors (Lipinski definition) is 3. The summed E-state index contributed by atoms with van der Waals surface area (Å²) in [5.41, 5.74) is 1.01. The number of aliphatic hydroxyl groups excluding tert-OH is 1. The minimum atomic E-state index is -0.959. The summed E-state index contributed by atoms with van der Waals surface area (Å²) in [6.07, 6.45) is 0.521. The summed E-state index contributed by atoms with van der Waals surface area (Å²) >= 11 is 0. The molecule has 1 aliphatic heterocycles. The molecule has 2 aromatic carbocycles. The van der Waals surface area contributed by atoms with Gasteiger partial charge in [-0.05, 0) is 36.1 Å². The van der Waals surface area contributed by atoms with Gasteiger partial charge in [0.15, 0.2) is 11.6 Å². The number of hydrogen-bond donors (Lipinski definition) is 2. The molecule has 1 fully saturated rings. The van der Waals surface area contributed by atoms with Crippen LogP contribution in [0.2, 0.25) is 0 Å². The van der Waals surface area contributed by atoms with Crippen LogP contribution in [0.3, 0.4) is 0 Å². The van der Waals surface area contributed by atoms with Crippen LogP contribution in [-0.2, 0) is 10.3 Å². The Balaban J connectivity index is 1.67. The highest BCUT2D eigenvalue weighted by Crippen LogP contribution is 2.33. The first kappa shape index (κ1) is 19.5. The highest BCUT2D eigenvalue weighted by Gasteiger charge is 2.37. The normalized spacial score (nSPS) is 18.1. The monoisotopic (exact) mass is 374 g/mol. The van der Waals surface area contributed by atoms with Gasteiger partial charge < -0.3 is 15.3 Å². The van der Waals surface area contributed by atoms with Crippen molar-refractivity contribution in [1.29, 1.82) is 0 Å². The number of β-amino-alcohol motifs (C(OH)–C–C–N with tert-alkyl or cyclic N) is 1. The van der Waals surface area contributed by atoms with E-state index in [0.29, 0.717) is 38.0 Å². The lowest BCUT2D eigenvalue weighted by molar-refractivity contribution is -0.121. The Morgan fingerprint density at radius 3 is 2.41 bits per heavy atom. The first-order chi connectivity index (χ1) is 12.9. The van der Waals surface area contributed by atoms with Crippen LogP contribution in [0, 0.1) is 11.6 Å². The Kier molecular flexibility index (Phi) is 5.87. The van der Waals surface area contributed by atoms with E-state index in [-0.39, 0.29) is 5.91 Å². The molecule has 1 heterocycles. The number of carbonyl (C=O) groups excluding carboxylic acids is 1. The molecule has 1 amide bonds. The number of benzene rings is 2. The molecular formula is C21H24F2N2O2. The van der Waals surface area contributed by atoms with Gasteiger partial charge in [-0.2, -0.15) is 0 Å². The van der Waals surface area contributed by atoms with E-state index in [1.54, 1.807) is 0 Å². The fourth-order valence-electron chi connectivity index (χ4n) is 3.77. The predicted octanol–water partition coefficient (Wildman–Crippen LogP) is 3.13. The first-order valence-corrected chi connectivity index (χ1v) is 9.09. The van der Waals surface area contributed by atoms with Crippen molar-refractivity contribution < 1.29 is 18.7 Å².